The van der Waals surface area contributed by atoms with Crippen molar-refractivity contribution in [1.29, 1.82) is 0 Å². The maximum atomic E-state index is 12.9. The summed E-state index contributed by atoms with van der Waals surface area (Å²) in [6.45, 7) is 0. The number of hydrogen-bond donors (Lipinski definition) is 2. The summed E-state index contributed by atoms with van der Waals surface area (Å²) >= 11 is 3.28. The smallest absolute Gasteiger partial charge is 0.251 e. The van der Waals surface area contributed by atoms with E-state index in [-0.39, 0.29) is 12.2 Å². The number of amides is 2. The van der Waals surface area contributed by atoms with E-state index in [1.54, 1.807) is 36.4 Å². The fourth-order valence-electron chi connectivity index (χ4n) is 1.95. The lowest BCUT2D eigenvalue weighted by molar-refractivity contribution is -0.119. The van der Waals surface area contributed by atoms with Crippen molar-refractivity contribution in [2.45, 2.75) is 12.5 Å². The van der Waals surface area contributed by atoms with Gasteiger partial charge < -0.3 is 11.1 Å². The predicted molar refractivity (Wildman–Crippen MR) is 84.7 cm³/mol. The van der Waals surface area contributed by atoms with Gasteiger partial charge in [0.05, 0.1) is 0 Å². The molecule has 4 nitrogen and oxygen atoms in total. The van der Waals surface area contributed by atoms with Gasteiger partial charge in [0.15, 0.2) is 0 Å². The van der Waals surface area contributed by atoms with Gasteiger partial charge in [0.25, 0.3) is 5.91 Å². The van der Waals surface area contributed by atoms with Crippen molar-refractivity contribution in [3.8, 4) is 0 Å². The zero-order chi connectivity index (χ0) is 16.1. The van der Waals surface area contributed by atoms with Gasteiger partial charge in [-0.05, 0) is 35.9 Å². The van der Waals surface area contributed by atoms with Gasteiger partial charge in [-0.3, -0.25) is 9.59 Å². The van der Waals surface area contributed by atoms with Crippen LogP contribution in [-0.2, 0) is 11.2 Å². The molecule has 0 saturated carbocycles. The molecule has 6 heteroatoms. The summed E-state index contributed by atoms with van der Waals surface area (Å²) < 4.78 is 13.6. The molecule has 0 aromatic heterocycles. The maximum Gasteiger partial charge on any atom is 0.251 e. The minimum Gasteiger partial charge on any atom is -0.368 e. The van der Waals surface area contributed by atoms with Crippen LogP contribution < -0.4 is 11.1 Å². The van der Waals surface area contributed by atoms with Gasteiger partial charge in [-0.25, -0.2) is 4.39 Å². The zero-order valence-electron chi connectivity index (χ0n) is 11.6. The molecule has 114 valence electrons. The Morgan fingerprint density at radius 2 is 1.86 bits per heavy atom. The lowest BCUT2D eigenvalue weighted by atomic mass is 10.0. The average molecular weight is 365 g/mol. The van der Waals surface area contributed by atoms with E-state index < -0.39 is 17.9 Å². The summed E-state index contributed by atoms with van der Waals surface area (Å²) in [6.07, 6.45) is 0.204. The molecule has 2 amide bonds. The highest BCUT2D eigenvalue weighted by Gasteiger charge is 2.19. The summed E-state index contributed by atoms with van der Waals surface area (Å²) in [4.78, 5) is 23.7. The molecular formula is C16H14BrFN2O2. The Labute approximate surface area is 135 Å². The summed E-state index contributed by atoms with van der Waals surface area (Å²) in [5.41, 5.74) is 6.46. The highest BCUT2D eigenvalue weighted by atomic mass is 79.9. The normalized spacial score (nSPS) is 11.7. The van der Waals surface area contributed by atoms with E-state index in [4.69, 9.17) is 5.73 Å². The highest BCUT2D eigenvalue weighted by Crippen LogP contribution is 2.12. The molecule has 0 saturated heterocycles. The molecule has 0 fully saturated rings. The predicted octanol–water partition coefficient (Wildman–Crippen LogP) is 2.41. The molecule has 3 N–H and O–H groups in total. The molecule has 2 aromatic carbocycles. The number of rotatable bonds is 5. The second kappa shape index (κ2) is 7.17. The van der Waals surface area contributed by atoms with Gasteiger partial charge in [0.1, 0.15) is 11.9 Å². The van der Waals surface area contributed by atoms with Crippen LogP contribution in [0.2, 0.25) is 0 Å². The summed E-state index contributed by atoms with van der Waals surface area (Å²) in [7, 11) is 0. The molecule has 0 aliphatic rings. The van der Waals surface area contributed by atoms with Crippen LogP contribution in [0.3, 0.4) is 0 Å². The topological polar surface area (TPSA) is 72.2 Å². The summed E-state index contributed by atoms with van der Waals surface area (Å²) in [5, 5.41) is 2.60. The van der Waals surface area contributed by atoms with Crippen LogP contribution >= 0.6 is 15.9 Å². The number of carbonyl (C=O) groups is 2. The monoisotopic (exact) mass is 364 g/mol. The number of halogens is 2. The van der Waals surface area contributed by atoms with Gasteiger partial charge in [-0.2, -0.15) is 0 Å². The number of nitrogens with two attached hydrogens (primary N) is 1. The quantitative estimate of drug-likeness (QED) is 0.854. The molecule has 0 heterocycles. The first-order valence-corrected chi connectivity index (χ1v) is 7.35. The van der Waals surface area contributed by atoms with Crippen LogP contribution in [0.15, 0.2) is 53.0 Å². The van der Waals surface area contributed by atoms with Crippen molar-refractivity contribution in [2.75, 3.05) is 0 Å². The third kappa shape index (κ3) is 4.39. The number of carbonyl (C=O) groups excluding carboxylic acids is 2. The molecule has 0 radical (unpaired) electrons. The number of hydrogen-bond acceptors (Lipinski definition) is 2. The third-order valence-corrected chi connectivity index (χ3v) is 3.58. The first-order valence-electron chi connectivity index (χ1n) is 6.56. The third-order valence-electron chi connectivity index (χ3n) is 3.09. The molecule has 0 aliphatic carbocycles. The van der Waals surface area contributed by atoms with Gasteiger partial charge >= 0.3 is 0 Å². The van der Waals surface area contributed by atoms with Gasteiger partial charge in [-0.1, -0.05) is 34.1 Å². The molecule has 0 spiro atoms. The Balaban J connectivity index is 2.10. The van der Waals surface area contributed by atoms with Crippen molar-refractivity contribution in [1.82, 2.24) is 5.32 Å². The van der Waals surface area contributed by atoms with E-state index in [0.29, 0.717) is 11.1 Å². The van der Waals surface area contributed by atoms with E-state index in [2.05, 4.69) is 21.2 Å². The van der Waals surface area contributed by atoms with Crippen molar-refractivity contribution < 1.29 is 14.0 Å². The lowest BCUT2D eigenvalue weighted by Gasteiger charge is -2.15. The van der Waals surface area contributed by atoms with E-state index in [0.717, 1.165) is 4.47 Å². The van der Waals surface area contributed by atoms with Gasteiger partial charge in [-0.15, -0.1) is 0 Å². The van der Waals surface area contributed by atoms with E-state index >= 15 is 0 Å². The Kier molecular flexibility index (Phi) is 5.27. The van der Waals surface area contributed by atoms with Crippen LogP contribution in [-0.4, -0.2) is 17.9 Å². The average Bonchev–Trinajstić information content (AvgIpc) is 2.48. The molecule has 0 unspecified atom stereocenters. The summed E-state index contributed by atoms with van der Waals surface area (Å²) in [5.74, 6) is -1.41. The Hall–Kier alpha value is -2.21. The highest BCUT2D eigenvalue weighted by molar-refractivity contribution is 9.10. The molecule has 2 aromatic rings. The van der Waals surface area contributed by atoms with Crippen LogP contribution in [0, 0.1) is 5.82 Å². The molecule has 0 aliphatic heterocycles. The van der Waals surface area contributed by atoms with Crippen LogP contribution in [0.1, 0.15) is 15.9 Å². The van der Waals surface area contributed by atoms with Gasteiger partial charge in [0, 0.05) is 16.5 Å². The SMILES string of the molecule is NC(=O)[C@@H](Cc1ccc(F)cc1)NC(=O)c1cccc(Br)c1. The minimum atomic E-state index is -0.864. The Bertz CT molecular complexity index is 689. The summed E-state index contributed by atoms with van der Waals surface area (Å²) in [6, 6.07) is 11.6. The van der Waals surface area contributed by atoms with Crippen molar-refractivity contribution in [3.05, 3.63) is 69.9 Å². The van der Waals surface area contributed by atoms with Crippen LogP contribution in [0.5, 0.6) is 0 Å². The minimum absolute atomic E-state index is 0.204. The standard InChI is InChI=1S/C16H14BrFN2O2/c17-12-3-1-2-11(9-12)16(22)20-14(15(19)21)8-10-4-6-13(18)7-5-10/h1-7,9,14H,8H2,(H2,19,21)(H,20,22)/t14-/m1/s1. The zero-order valence-corrected chi connectivity index (χ0v) is 13.1. The van der Waals surface area contributed by atoms with Crippen LogP contribution in [0.4, 0.5) is 4.39 Å². The second-order valence-electron chi connectivity index (χ2n) is 4.77. The Morgan fingerprint density at radius 1 is 1.18 bits per heavy atom. The largest absolute Gasteiger partial charge is 0.368 e. The van der Waals surface area contributed by atoms with Crippen molar-refractivity contribution >= 4 is 27.7 Å². The first kappa shape index (κ1) is 16.2. The van der Waals surface area contributed by atoms with E-state index in [9.17, 15) is 14.0 Å². The number of benzene rings is 2. The van der Waals surface area contributed by atoms with Crippen molar-refractivity contribution in [3.63, 3.8) is 0 Å². The molecular weight excluding hydrogens is 351 g/mol. The van der Waals surface area contributed by atoms with E-state index in [1.165, 1.54) is 12.1 Å². The fourth-order valence-corrected chi connectivity index (χ4v) is 2.35. The fraction of sp³-hybridized carbons (Fsp3) is 0.125. The van der Waals surface area contributed by atoms with Gasteiger partial charge in [0.2, 0.25) is 5.91 Å². The number of nitrogens with one attached hydrogen (secondary N) is 1. The molecule has 0 bridgehead atoms. The Morgan fingerprint density at radius 3 is 2.45 bits per heavy atom. The maximum absolute atomic E-state index is 12.9. The van der Waals surface area contributed by atoms with E-state index in [1.807, 2.05) is 0 Å². The first-order chi connectivity index (χ1) is 10.5. The molecule has 2 rings (SSSR count). The van der Waals surface area contributed by atoms with Crippen molar-refractivity contribution in [2.24, 2.45) is 5.73 Å². The molecule has 22 heavy (non-hydrogen) atoms. The number of primary amides is 1. The molecule has 1 atom stereocenters. The van der Waals surface area contributed by atoms with Crippen LogP contribution in [0.25, 0.3) is 0 Å². The lowest BCUT2D eigenvalue weighted by Crippen LogP contribution is -2.45. The second-order valence-corrected chi connectivity index (χ2v) is 5.69.